The Hall–Kier alpha value is -5.28. The highest BCUT2D eigenvalue weighted by atomic mass is 35.5. The number of Topliss-reactive ketones (excluding diaryl/α,β-unsaturated/α-hetero) is 1. The van der Waals surface area contributed by atoms with Crippen molar-refractivity contribution < 1.29 is 19.4 Å². The van der Waals surface area contributed by atoms with E-state index in [1.54, 1.807) is 29.2 Å². The minimum Gasteiger partial charge on any atom is -0.462 e. The first kappa shape index (κ1) is 38.0. The molecule has 1 amide bonds. The van der Waals surface area contributed by atoms with Crippen LogP contribution < -0.4 is 14.5 Å². The number of likely N-dealkylation sites (tertiary alicyclic amines) is 1. The fourth-order valence-corrected chi connectivity index (χ4v) is 8.45. The third-order valence-electron chi connectivity index (χ3n) is 11.1. The van der Waals surface area contributed by atoms with Gasteiger partial charge < -0.3 is 24.5 Å². The molecule has 3 aromatic carbocycles. The van der Waals surface area contributed by atoms with E-state index in [2.05, 4.69) is 52.1 Å². The summed E-state index contributed by atoms with van der Waals surface area (Å²) in [4.78, 5) is 44.2. The molecule has 7 rings (SSSR count). The first-order valence-corrected chi connectivity index (χ1v) is 19.3. The van der Waals surface area contributed by atoms with Crippen LogP contribution in [0.3, 0.4) is 0 Å². The van der Waals surface area contributed by atoms with Crippen molar-refractivity contribution in [1.82, 2.24) is 19.8 Å². The van der Waals surface area contributed by atoms with E-state index in [4.69, 9.17) is 26.3 Å². The van der Waals surface area contributed by atoms with Crippen molar-refractivity contribution in [1.29, 1.82) is 5.26 Å². The Morgan fingerprint density at radius 1 is 1.04 bits per heavy atom. The zero-order valence-electron chi connectivity index (χ0n) is 30.9. The Morgan fingerprint density at radius 3 is 2.65 bits per heavy atom. The van der Waals surface area contributed by atoms with E-state index in [1.165, 1.54) is 6.08 Å². The predicted molar refractivity (Wildman–Crippen MR) is 215 cm³/mol. The second-order valence-electron chi connectivity index (χ2n) is 14.4. The molecule has 1 unspecified atom stereocenters. The van der Waals surface area contributed by atoms with E-state index >= 15 is 0 Å². The predicted octanol–water partition coefficient (Wildman–Crippen LogP) is 6.08. The summed E-state index contributed by atoms with van der Waals surface area (Å²) in [7, 11) is 0. The summed E-state index contributed by atoms with van der Waals surface area (Å²) < 4.78 is 6.45. The van der Waals surface area contributed by atoms with Crippen LogP contribution in [0.4, 0.5) is 11.5 Å². The highest BCUT2D eigenvalue weighted by Crippen LogP contribution is 2.37. The number of aliphatic hydroxyl groups is 1. The van der Waals surface area contributed by atoms with Gasteiger partial charge in [0.2, 0.25) is 5.91 Å². The normalized spacial score (nSPS) is 19.1. The molecule has 3 aliphatic heterocycles. The van der Waals surface area contributed by atoms with E-state index in [9.17, 15) is 20.0 Å². The van der Waals surface area contributed by atoms with Crippen molar-refractivity contribution in [2.24, 2.45) is 0 Å². The molecule has 284 valence electrons. The molecule has 4 heterocycles. The molecule has 11 nitrogen and oxygen atoms in total. The van der Waals surface area contributed by atoms with Gasteiger partial charge in [-0.05, 0) is 67.5 Å². The van der Waals surface area contributed by atoms with Crippen LogP contribution in [-0.2, 0) is 17.8 Å². The molecule has 1 aromatic heterocycles. The van der Waals surface area contributed by atoms with Gasteiger partial charge in [-0.2, -0.15) is 15.2 Å². The number of benzene rings is 3. The molecule has 1 N–H and O–H groups in total. The van der Waals surface area contributed by atoms with Crippen molar-refractivity contribution >= 4 is 51.6 Å². The number of hydrogen-bond acceptors (Lipinski definition) is 10. The highest BCUT2D eigenvalue weighted by Gasteiger charge is 2.34. The highest BCUT2D eigenvalue weighted by molar-refractivity contribution is 6.36. The van der Waals surface area contributed by atoms with Crippen molar-refractivity contribution in [3.05, 3.63) is 107 Å². The monoisotopic (exact) mass is 759 g/mol. The summed E-state index contributed by atoms with van der Waals surface area (Å²) >= 11 is 6.75. The summed E-state index contributed by atoms with van der Waals surface area (Å²) in [5, 5.41) is 23.2. The third kappa shape index (κ3) is 8.22. The van der Waals surface area contributed by atoms with Crippen LogP contribution in [0.15, 0.2) is 79.9 Å². The van der Waals surface area contributed by atoms with Gasteiger partial charge in [-0.15, -0.1) is 0 Å². The molecule has 4 aromatic rings. The SMILES string of the molecule is C=CC(=O)N1CCN(c2nc(OC[C@@H]3CCCN3CCC(O)C(=O)c3cccc(C=C)c3)nc3c2CCN(c2cccc4cccc(Cl)c24)C3)C[C@@H]1CC#N. The number of aliphatic hydroxyl groups excluding tert-OH is 1. The molecule has 3 atom stereocenters. The van der Waals surface area contributed by atoms with Crippen molar-refractivity contribution in [3.63, 3.8) is 0 Å². The number of aromatic nitrogens is 2. The van der Waals surface area contributed by atoms with Crippen LogP contribution in [-0.4, -0.2) is 101 Å². The lowest BCUT2D eigenvalue weighted by Gasteiger charge is -2.42. The largest absolute Gasteiger partial charge is 0.462 e. The number of piperazine rings is 1. The minimum absolute atomic E-state index is 0.0669. The van der Waals surface area contributed by atoms with Crippen LogP contribution in [0, 0.1) is 11.3 Å². The summed E-state index contributed by atoms with van der Waals surface area (Å²) in [6.07, 6.45) is 4.96. The van der Waals surface area contributed by atoms with Gasteiger partial charge >= 0.3 is 6.01 Å². The maximum Gasteiger partial charge on any atom is 0.318 e. The maximum absolute atomic E-state index is 13.0. The Kier molecular flexibility index (Phi) is 11.8. The van der Waals surface area contributed by atoms with Gasteiger partial charge in [0.1, 0.15) is 18.5 Å². The fraction of sp³-hybridized carbons (Fsp3) is 0.372. The van der Waals surface area contributed by atoms with E-state index in [1.807, 2.05) is 24.3 Å². The van der Waals surface area contributed by atoms with Crippen molar-refractivity contribution in [2.75, 3.05) is 55.7 Å². The summed E-state index contributed by atoms with van der Waals surface area (Å²) in [6.45, 7) is 11.9. The van der Waals surface area contributed by atoms with E-state index in [0.29, 0.717) is 62.8 Å². The Morgan fingerprint density at radius 2 is 1.85 bits per heavy atom. The average molecular weight is 760 g/mol. The number of amides is 1. The van der Waals surface area contributed by atoms with Crippen LogP contribution in [0.5, 0.6) is 6.01 Å². The molecule has 3 aliphatic rings. The average Bonchev–Trinajstić information content (AvgIpc) is 3.68. The van der Waals surface area contributed by atoms with E-state index in [0.717, 1.165) is 65.0 Å². The van der Waals surface area contributed by atoms with Crippen molar-refractivity contribution in [3.8, 4) is 12.1 Å². The van der Waals surface area contributed by atoms with Gasteiger partial charge in [0.25, 0.3) is 0 Å². The Balaban J connectivity index is 1.11. The number of ether oxygens (including phenoxy) is 1. The number of hydrogen-bond donors (Lipinski definition) is 1. The molecule has 2 saturated heterocycles. The zero-order valence-corrected chi connectivity index (χ0v) is 31.7. The number of carbonyl (C=O) groups is 2. The quantitative estimate of drug-likeness (QED) is 0.127. The van der Waals surface area contributed by atoms with Crippen LogP contribution in [0.25, 0.3) is 16.8 Å². The molecule has 0 radical (unpaired) electrons. The van der Waals surface area contributed by atoms with Gasteiger partial charge in [-0.25, -0.2) is 0 Å². The summed E-state index contributed by atoms with van der Waals surface area (Å²) in [6, 6.07) is 21.6. The molecule has 2 fully saturated rings. The lowest BCUT2D eigenvalue weighted by atomic mass is 10.0. The number of halogens is 1. The molecule has 55 heavy (non-hydrogen) atoms. The Labute approximate surface area is 327 Å². The number of ketones is 1. The second-order valence-corrected chi connectivity index (χ2v) is 14.8. The topological polar surface area (TPSA) is 126 Å². The standard InChI is InChI=1S/C43H46ClN7O4/c1-3-29-9-5-12-31(25-29)41(54)38(52)18-22-48-20-8-13-33(48)28-55-43-46-36-27-49(37-15-7-11-30-10-6-14-35(44)40(30)37)21-17-34(36)42(47-43)50-23-24-51(39(53)4-2)32(26-50)16-19-45/h3-7,9-12,14-15,25,32-33,38,52H,1-2,8,13,16-18,20-24,26-28H2/t32-,33-,38?/m0/s1. The molecule has 0 spiro atoms. The molecular weight excluding hydrogens is 714 g/mol. The van der Waals surface area contributed by atoms with E-state index < -0.39 is 6.10 Å². The summed E-state index contributed by atoms with van der Waals surface area (Å²) in [5.74, 6) is 0.296. The van der Waals surface area contributed by atoms with Gasteiger partial charge in [0.15, 0.2) is 5.78 Å². The van der Waals surface area contributed by atoms with Gasteiger partial charge in [-0.3, -0.25) is 14.5 Å². The number of nitrogens with zero attached hydrogens (tertiary/aromatic N) is 7. The lowest BCUT2D eigenvalue weighted by molar-refractivity contribution is -0.128. The smallest absolute Gasteiger partial charge is 0.318 e. The number of rotatable bonds is 13. The molecule has 0 bridgehead atoms. The number of carbonyl (C=O) groups excluding carboxylic acids is 2. The summed E-state index contributed by atoms with van der Waals surface area (Å²) in [5.41, 5.74) is 4.25. The third-order valence-corrected chi connectivity index (χ3v) is 11.4. The van der Waals surface area contributed by atoms with Gasteiger partial charge in [-0.1, -0.05) is 73.3 Å². The molecule has 0 aliphatic carbocycles. The van der Waals surface area contributed by atoms with Crippen LogP contribution >= 0.6 is 11.6 Å². The second kappa shape index (κ2) is 17.0. The fourth-order valence-electron chi connectivity index (χ4n) is 8.17. The van der Waals surface area contributed by atoms with Crippen LogP contribution in [0.2, 0.25) is 5.02 Å². The van der Waals surface area contributed by atoms with Gasteiger partial charge in [0, 0.05) is 61.0 Å². The molecular formula is C43H46ClN7O4. The zero-order chi connectivity index (χ0) is 38.5. The van der Waals surface area contributed by atoms with Crippen molar-refractivity contribution in [2.45, 2.75) is 56.8 Å². The van der Waals surface area contributed by atoms with Crippen LogP contribution in [0.1, 0.15) is 52.9 Å². The Bertz CT molecular complexity index is 2130. The maximum atomic E-state index is 13.0. The number of anilines is 2. The first-order valence-electron chi connectivity index (χ1n) is 19.0. The molecule has 12 heteroatoms. The van der Waals surface area contributed by atoms with Gasteiger partial charge in [0.05, 0.1) is 35.8 Å². The molecule has 0 saturated carbocycles. The minimum atomic E-state index is -1.11. The number of fused-ring (bicyclic) bond motifs is 2. The lowest BCUT2D eigenvalue weighted by Crippen LogP contribution is -2.55. The number of nitriles is 1. The van der Waals surface area contributed by atoms with E-state index in [-0.39, 0.29) is 36.2 Å². The first-order chi connectivity index (χ1) is 26.8.